The number of anilines is 2. The summed E-state index contributed by atoms with van der Waals surface area (Å²) in [4.78, 5) is 9.55. The lowest BCUT2D eigenvalue weighted by atomic mass is 10.1. The molecule has 1 unspecified atom stereocenters. The van der Waals surface area contributed by atoms with Gasteiger partial charge in [0.25, 0.3) is 0 Å². The lowest BCUT2D eigenvalue weighted by Crippen LogP contribution is -2.24. The Morgan fingerprint density at radius 3 is 2.81 bits per heavy atom. The van der Waals surface area contributed by atoms with Crippen molar-refractivity contribution in [1.82, 2.24) is 9.97 Å². The van der Waals surface area contributed by atoms with Crippen LogP contribution in [-0.2, 0) is 10.9 Å². The normalized spacial score (nSPS) is 19.1. The van der Waals surface area contributed by atoms with Gasteiger partial charge in [0.05, 0.1) is 6.61 Å². The van der Waals surface area contributed by atoms with Gasteiger partial charge >= 0.3 is 6.18 Å². The zero-order valence-electron chi connectivity index (χ0n) is 12.1. The number of nitrogens with one attached hydrogen (secondary N) is 1. The maximum atomic E-state index is 12.9. The van der Waals surface area contributed by atoms with Crippen LogP contribution in [0.1, 0.15) is 19.0 Å². The molecule has 1 aromatic heterocycles. The van der Waals surface area contributed by atoms with E-state index in [0.29, 0.717) is 38.0 Å². The molecule has 8 heteroatoms. The summed E-state index contributed by atoms with van der Waals surface area (Å²) in [6.07, 6.45) is -3.59. The third-order valence-electron chi connectivity index (χ3n) is 3.35. The van der Waals surface area contributed by atoms with E-state index in [0.717, 1.165) is 12.5 Å². The highest BCUT2D eigenvalue weighted by molar-refractivity contribution is 5.46. The zero-order valence-corrected chi connectivity index (χ0v) is 12.1. The van der Waals surface area contributed by atoms with Gasteiger partial charge in [-0.1, -0.05) is 0 Å². The Kier molecular flexibility index (Phi) is 4.87. The Bertz CT molecular complexity index is 481. The van der Waals surface area contributed by atoms with Crippen LogP contribution in [0.25, 0.3) is 0 Å². The molecule has 1 aliphatic heterocycles. The van der Waals surface area contributed by atoms with Crippen molar-refractivity contribution in [3.8, 4) is 0 Å². The van der Waals surface area contributed by atoms with Crippen molar-refractivity contribution in [1.29, 1.82) is 0 Å². The molecule has 0 bridgehead atoms. The van der Waals surface area contributed by atoms with E-state index in [4.69, 9.17) is 4.74 Å². The number of aromatic nitrogens is 2. The van der Waals surface area contributed by atoms with Crippen LogP contribution in [0.3, 0.4) is 0 Å². The van der Waals surface area contributed by atoms with E-state index in [1.165, 1.54) is 0 Å². The molecule has 1 atom stereocenters. The maximum absolute atomic E-state index is 12.9. The second kappa shape index (κ2) is 6.46. The zero-order chi connectivity index (χ0) is 15.5. The number of hydrogen-bond acceptors (Lipinski definition) is 5. The summed E-state index contributed by atoms with van der Waals surface area (Å²) in [5, 5.41) is 2.75. The smallest absolute Gasteiger partial charge is 0.384 e. The largest absolute Gasteiger partial charge is 0.433 e. The molecule has 2 heterocycles. The second-order valence-corrected chi connectivity index (χ2v) is 5.02. The van der Waals surface area contributed by atoms with Gasteiger partial charge in [0.2, 0.25) is 5.95 Å². The van der Waals surface area contributed by atoms with Crippen LogP contribution in [0, 0.1) is 5.92 Å². The van der Waals surface area contributed by atoms with Gasteiger partial charge in [-0.15, -0.1) is 0 Å². The lowest BCUT2D eigenvalue weighted by molar-refractivity contribution is -0.141. The number of rotatable bonds is 5. The first-order chi connectivity index (χ1) is 9.94. The summed E-state index contributed by atoms with van der Waals surface area (Å²) in [7, 11) is 1.62. The van der Waals surface area contributed by atoms with E-state index in [-0.39, 0.29) is 5.95 Å². The van der Waals surface area contributed by atoms with E-state index >= 15 is 0 Å². The molecule has 0 spiro atoms. The monoisotopic (exact) mass is 304 g/mol. The molecule has 1 N–H and O–H groups in total. The predicted molar refractivity (Wildman–Crippen MR) is 73.4 cm³/mol. The van der Waals surface area contributed by atoms with Gasteiger partial charge in [-0.2, -0.15) is 18.2 Å². The number of ether oxygens (including phenoxy) is 1. The highest BCUT2D eigenvalue weighted by Gasteiger charge is 2.35. The number of methoxy groups -OCH3 is 1. The minimum Gasteiger partial charge on any atom is -0.384 e. The van der Waals surface area contributed by atoms with Crippen molar-refractivity contribution in [3.63, 3.8) is 0 Å². The van der Waals surface area contributed by atoms with Gasteiger partial charge in [0, 0.05) is 38.7 Å². The van der Waals surface area contributed by atoms with Crippen LogP contribution >= 0.6 is 0 Å². The Morgan fingerprint density at radius 1 is 1.43 bits per heavy atom. The number of nitrogens with zero attached hydrogens (tertiary/aromatic N) is 3. The van der Waals surface area contributed by atoms with E-state index in [1.54, 1.807) is 14.0 Å². The van der Waals surface area contributed by atoms with Crippen molar-refractivity contribution in [3.05, 3.63) is 11.8 Å². The Hall–Kier alpha value is -1.57. The SMILES string of the molecule is CCNc1nc(N2CCC(COC)C2)cc(C(F)(F)F)n1. The van der Waals surface area contributed by atoms with Crippen LogP contribution < -0.4 is 10.2 Å². The summed E-state index contributed by atoms with van der Waals surface area (Å²) < 4.78 is 43.8. The molecule has 0 amide bonds. The van der Waals surface area contributed by atoms with Gasteiger partial charge < -0.3 is 15.0 Å². The quantitative estimate of drug-likeness (QED) is 0.905. The van der Waals surface area contributed by atoms with Crippen molar-refractivity contribution in [2.45, 2.75) is 19.5 Å². The van der Waals surface area contributed by atoms with E-state index < -0.39 is 11.9 Å². The van der Waals surface area contributed by atoms with Crippen LogP contribution in [0.5, 0.6) is 0 Å². The molecule has 5 nitrogen and oxygen atoms in total. The minimum absolute atomic E-state index is 0.0116. The predicted octanol–water partition coefficient (Wildman–Crippen LogP) is 2.40. The van der Waals surface area contributed by atoms with Crippen molar-refractivity contribution in [2.75, 3.05) is 43.6 Å². The summed E-state index contributed by atoms with van der Waals surface area (Å²) in [6, 6.07) is 1.01. The van der Waals surface area contributed by atoms with Crippen LogP contribution in [0.4, 0.5) is 24.9 Å². The summed E-state index contributed by atoms with van der Waals surface area (Å²) >= 11 is 0. The molecule has 2 rings (SSSR count). The van der Waals surface area contributed by atoms with Crippen LogP contribution in [0.15, 0.2) is 6.07 Å². The highest BCUT2D eigenvalue weighted by atomic mass is 19.4. The minimum atomic E-state index is -4.48. The average molecular weight is 304 g/mol. The molecule has 0 saturated carbocycles. The summed E-state index contributed by atoms with van der Waals surface area (Å²) in [5.41, 5.74) is -0.918. The Morgan fingerprint density at radius 2 is 2.19 bits per heavy atom. The molecule has 1 saturated heterocycles. The van der Waals surface area contributed by atoms with Crippen molar-refractivity contribution in [2.24, 2.45) is 5.92 Å². The number of alkyl halides is 3. The topological polar surface area (TPSA) is 50.3 Å². The van der Waals surface area contributed by atoms with Gasteiger partial charge in [0.1, 0.15) is 5.82 Å². The number of halogens is 3. The van der Waals surface area contributed by atoms with Crippen LogP contribution in [0.2, 0.25) is 0 Å². The fourth-order valence-corrected chi connectivity index (χ4v) is 2.39. The Labute approximate surface area is 121 Å². The highest BCUT2D eigenvalue weighted by Crippen LogP contribution is 2.32. The molecule has 0 aromatic carbocycles. The fraction of sp³-hybridized carbons (Fsp3) is 0.692. The second-order valence-electron chi connectivity index (χ2n) is 5.02. The molecule has 1 aliphatic rings. The van der Waals surface area contributed by atoms with Crippen LogP contribution in [-0.4, -0.2) is 43.3 Å². The van der Waals surface area contributed by atoms with Crippen molar-refractivity contribution >= 4 is 11.8 Å². The molecular weight excluding hydrogens is 285 g/mol. The first-order valence-corrected chi connectivity index (χ1v) is 6.88. The van der Waals surface area contributed by atoms with E-state index in [1.807, 2.05) is 4.90 Å². The third kappa shape index (κ3) is 3.96. The van der Waals surface area contributed by atoms with Gasteiger partial charge in [-0.05, 0) is 13.3 Å². The van der Waals surface area contributed by atoms with Crippen molar-refractivity contribution < 1.29 is 17.9 Å². The maximum Gasteiger partial charge on any atom is 0.433 e. The van der Waals surface area contributed by atoms with E-state index in [9.17, 15) is 13.2 Å². The first kappa shape index (κ1) is 15.8. The lowest BCUT2D eigenvalue weighted by Gasteiger charge is -2.19. The molecular formula is C13H19F3N4O. The molecule has 21 heavy (non-hydrogen) atoms. The summed E-state index contributed by atoms with van der Waals surface area (Å²) in [6.45, 7) is 4.18. The Balaban J connectivity index is 2.24. The number of hydrogen-bond donors (Lipinski definition) is 1. The molecule has 0 aliphatic carbocycles. The molecule has 1 fully saturated rings. The van der Waals surface area contributed by atoms with Gasteiger partial charge in [0.15, 0.2) is 5.69 Å². The summed E-state index contributed by atoms with van der Waals surface area (Å²) in [5.74, 6) is 0.645. The van der Waals surface area contributed by atoms with Gasteiger partial charge in [-0.25, -0.2) is 4.98 Å². The third-order valence-corrected chi connectivity index (χ3v) is 3.35. The van der Waals surface area contributed by atoms with Gasteiger partial charge in [-0.3, -0.25) is 0 Å². The molecule has 0 radical (unpaired) electrons. The molecule has 1 aromatic rings. The fourth-order valence-electron chi connectivity index (χ4n) is 2.39. The molecule has 118 valence electrons. The standard InChI is InChI=1S/C13H19F3N4O/c1-3-17-12-18-10(13(14,15)16)6-11(19-12)20-5-4-9(7-20)8-21-2/h6,9H,3-5,7-8H2,1-2H3,(H,17,18,19). The average Bonchev–Trinajstić information content (AvgIpc) is 2.87. The first-order valence-electron chi connectivity index (χ1n) is 6.88. The van der Waals surface area contributed by atoms with E-state index in [2.05, 4.69) is 15.3 Å².